The quantitative estimate of drug-likeness (QED) is 0.506. The standard InChI is InChI=1S/C2H8N2.2H3N.Pt/c3-1-2-4;;;/h1-4H2;2*1H3;/q;;;+2. The first-order chi connectivity index (χ1) is 1.91. The summed E-state index contributed by atoms with van der Waals surface area (Å²) in [7, 11) is 0. The van der Waals surface area contributed by atoms with Crippen LogP contribution in [0.15, 0.2) is 0 Å². The number of hydrogen-bond donors (Lipinski definition) is 4. The van der Waals surface area contributed by atoms with Gasteiger partial charge < -0.3 is 23.8 Å². The van der Waals surface area contributed by atoms with E-state index in [1.807, 2.05) is 0 Å². The van der Waals surface area contributed by atoms with Crippen LogP contribution in [0.3, 0.4) is 0 Å². The Balaban J connectivity index is -0.0000000150. The summed E-state index contributed by atoms with van der Waals surface area (Å²) >= 11 is 0. The van der Waals surface area contributed by atoms with E-state index in [0.717, 1.165) is 0 Å². The zero-order chi connectivity index (χ0) is 3.41. The Bertz CT molecular complexity index is 11.7. The number of rotatable bonds is 1. The molecular weight excluding hydrogens is 275 g/mol. The molecule has 0 rings (SSSR count). The molecule has 0 aliphatic rings. The van der Waals surface area contributed by atoms with Crippen LogP contribution in [0.25, 0.3) is 0 Å². The van der Waals surface area contributed by atoms with Crippen LogP contribution in [0.1, 0.15) is 0 Å². The van der Waals surface area contributed by atoms with Crippen molar-refractivity contribution in [2.45, 2.75) is 0 Å². The minimum absolute atomic E-state index is 0. The van der Waals surface area contributed by atoms with Gasteiger partial charge in [-0.3, -0.25) is 0 Å². The van der Waals surface area contributed by atoms with Crippen LogP contribution in [0.2, 0.25) is 0 Å². The van der Waals surface area contributed by atoms with Crippen molar-refractivity contribution in [2.24, 2.45) is 11.5 Å². The monoisotopic (exact) mass is 289 g/mol. The maximum atomic E-state index is 4.90. The third-order valence-electron chi connectivity index (χ3n) is 0.167. The molecule has 0 aromatic heterocycles. The van der Waals surface area contributed by atoms with Crippen LogP contribution in [-0.4, -0.2) is 13.1 Å². The van der Waals surface area contributed by atoms with Crippen molar-refractivity contribution in [2.75, 3.05) is 13.1 Å². The van der Waals surface area contributed by atoms with Gasteiger partial charge in [-0.05, 0) is 0 Å². The van der Waals surface area contributed by atoms with E-state index in [2.05, 4.69) is 0 Å². The van der Waals surface area contributed by atoms with E-state index in [9.17, 15) is 0 Å². The van der Waals surface area contributed by atoms with Crippen LogP contribution in [0.5, 0.6) is 0 Å². The van der Waals surface area contributed by atoms with E-state index in [0.29, 0.717) is 13.1 Å². The van der Waals surface area contributed by atoms with E-state index in [4.69, 9.17) is 11.5 Å². The van der Waals surface area contributed by atoms with Crippen molar-refractivity contribution in [3.05, 3.63) is 0 Å². The molecule has 0 radical (unpaired) electrons. The second-order valence-corrected chi connectivity index (χ2v) is 0.577. The molecule has 0 aromatic rings. The number of nitrogens with two attached hydrogens (primary N) is 2. The van der Waals surface area contributed by atoms with Gasteiger partial charge in [-0.1, -0.05) is 0 Å². The van der Waals surface area contributed by atoms with Gasteiger partial charge in [0.1, 0.15) is 0 Å². The Morgan fingerprint density at radius 1 is 0.857 bits per heavy atom. The Morgan fingerprint density at radius 3 is 1.00 bits per heavy atom. The average Bonchev–Trinajstić information content (AvgIpc) is 1.37. The molecule has 7 heavy (non-hydrogen) atoms. The second-order valence-electron chi connectivity index (χ2n) is 0.577. The van der Waals surface area contributed by atoms with E-state index in [1.54, 1.807) is 0 Å². The fourth-order valence-corrected chi connectivity index (χ4v) is 0. The number of hydrogen-bond acceptors (Lipinski definition) is 4. The summed E-state index contributed by atoms with van der Waals surface area (Å²) in [5.41, 5.74) is 9.81. The Kier molecular flexibility index (Phi) is 115. The maximum Gasteiger partial charge on any atom is 2.00 e. The summed E-state index contributed by atoms with van der Waals surface area (Å²) in [5, 5.41) is 0. The smallest absolute Gasteiger partial charge is 0.344 e. The first-order valence-corrected chi connectivity index (χ1v) is 1.32. The van der Waals surface area contributed by atoms with Crippen LogP contribution < -0.4 is 23.8 Å². The van der Waals surface area contributed by atoms with Crippen LogP contribution in [0.4, 0.5) is 0 Å². The van der Waals surface area contributed by atoms with Gasteiger partial charge in [-0.2, -0.15) is 0 Å². The third kappa shape index (κ3) is 57.3. The molecule has 0 aliphatic carbocycles. The summed E-state index contributed by atoms with van der Waals surface area (Å²) in [4.78, 5) is 0. The van der Waals surface area contributed by atoms with Crippen molar-refractivity contribution in [3.63, 3.8) is 0 Å². The van der Waals surface area contributed by atoms with Gasteiger partial charge in [0.2, 0.25) is 0 Å². The van der Waals surface area contributed by atoms with Gasteiger partial charge in [0.05, 0.1) is 0 Å². The molecular formula is C2H14N4Pt+2. The molecule has 0 unspecified atom stereocenters. The van der Waals surface area contributed by atoms with Crippen molar-refractivity contribution in [3.8, 4) is 0 Å². The fraction of sp³-hybridized carbons (Fsp3) is 1.00. The summed E-state index contributed by atoms with van der Waals surface area (Å²) < 4.78 is 0. The molecule has 0 aromatic carbocycles. The molecule has 0 saturated heterocycles. The van der Waals surface area contributed by atoms with Crippen LogP contribution >= 0.6 is 0 Å². The van der Waals surface area contributed by atoms with E-state index in [-0.39, 0.29) is 33.4 Å². The summed E-state index contributed by atoms with van der Waals surface area (Å²) in [6.07, 6.45) is 0. The van der Waals surface area contributed by atoms with Crippen molar-refractivity contribution in [1.29, 1.82) is 0 Å². The SMILES string of the molecule is N.N.NCCN.[Pt+2]. The zero-order valence-electron chi connectivity index (χ0n) is 4.30. The Morgan fingerprint density at radius 2 is 1.00 bits per heavy atom. The summed E-state index contributed by atoms with van der Waals surface area (Å²) in [5.74, 6) is 0. The van der Waals surface area contributed by atoms with Crippen molar-refractivity contribution < 1.29 is 21.1 Å². The van der Waals surface area contributed by atoms with Gasteiger partial charge >= 0.3 is 21.1 Å². The molecule has 0 atom stereocenters. The molecule has 0 amide bonds. The minimum Gasteiger partial charge on any atom is -0.344 e. The largest absolute Gasteiger partial charge is 2.00 e. The first-order valence-electron chi connectivity index (χ1n) is 1.32. The molecule has 0 heterocycles. The van der Waals surface area contributed by atoms with Gasteiger partial charge in [0.25, 0.3) is 0 Å². The van der Waals surface area contributed by atoms with Gasteiger partial charge in [0.15, 0.2) is 0 Å². The molecule has 50 valence electrons. The minimum atomic E-state index is 0. The molecule has 0 spiro atoms. The van der Waals surface area contributed by atoms with Gasteiger partial charge in [-0.25, -0.2) is 0 Å². The second kappa shape index (κ2) is 31.2. The molecule has 0 fully saturated rings. The predicted molar refractivity (Wildman–Crippen MR) is 28.2 cm³/mol. The van der Waals surface area contributed by atoms with Crippen LogP contribution in [0, 0.1) is 0 Å². The summed E-state index contributed by atoms with van der Waals surface area (Å²) in [6.45, 7) is 1.19. The van der Waals surface area contributed by atoms with Crippen molar-refractivity contribution >= 4 is 0 Å². The molecule has 5 heteroatoms. The average molecular weight is 289 g/mol. The van der Waals surface area contributed by atoms with Crippen LogP contribution in [-0.2, 0) is 21.1 Å². The van der Waals surface area contributed by atoms with E-state index in [1.165, 1.54) is 0 Å². The maximum absolute atomic E-state index is 4.90. The Hall–Kier alpha value is 0.528. The molecule has 0 bridgehead atoms. The Labute approximate surface area is 58.4 Å². The molecule has 10 N–H and O–H groups in total. The predicted octanol–water partition coefficient (Wildman–Crippen LogP) is -0.775. The van der Waals surface area contributed by atoms with Crippen molar-refractivity contribution in [1.82, 2.24) is 12.3 Å². The zero-order valence-corrected chi connectivity index (χ0v) is 6.57. The molecule has 4 nitrogen and oxygen atoms in total. The normalized spacial score (nSPS) is 4.29. The first kappa shape index (κ1) is 25.8. The summed E-state index contributed by atoms with van der Waals surface area (Å²) in [6, 6.07) is 0. The third-order valence-corrected chi connectivity index (χ3v) is 0.167. The van der Waals surface area contributed by atoms with E-state index < -0.39 is 0 Å². The fourth-order valence-electron chi connectivity index (χ4n) is 0. The van der Waals surface area contributed by atoms with Gasteiger partial charge in [-0.15, -0.1) is 0 Å². The topological polar surface area (TPSA) is 122 Å². The van der Waals surface area contributed by atoms with E-state index >= 15 is 0 Å². The molecule has 0 saturated carbocycles. The molecule has 0 aliphatic heterocycles. The van der Waals surface area contributed by atoms with Gasteiger partial charge in [0, 0.05) is 13.1 Å².